The molecule has 0 amide bonds. The van der Waals surface area contributed by atoms with E-state index >= 15 is 0 Å². The van der Waals surface area contributed by atoms with Gasteiger partial charge in [0.05, 0.1) is 0 Å². The molecule has 15 aromatic carbocycles. The summed E-state index contributed by atoms with van der Waals surface area (Å²) in [4.78, 5) is 2.48. The number of nitrogens with zero attached hydrogens (tertiary/aromatic N) is 1. The molecular formula is C79H53N. The lowest BCUT2D eigenvalue weighted by atomic mass is 9.86. The fraction of sp³-hybridized carbons (Fsp3) is 0.0127. The van der Waals surface area contributed by atoms with Gasteiger partial charge in [0.1, 0.15) is 0 Å². The van der Waals surface area contributed by atoms with Crippen molar-refractivity contribution < 1.29 is 0 Å². The van der Waals surface area contributed by atoms with Crippen LogP contribution in [-0.2, 0) is 6.54 Å². The summed E-state index contributed by atoms with van der Waals surface area (Å²) in [5.41, 5.74) is 18.3. The molecule has 1 heteroatoms. The summed E-state index contributed by atoms with van der Waals surface area (Å²) in [6.45, 7) is 0.669. The highest BCUT2D eigenvalue weighted by molar-refractivity contribution is 6.24. The normalized spacial score (nSPS) is 11.6. The van der Waals surface area contributed by atoms with Crippen LogP contribution in [-0.4, -0.2) is 0 Å². The molecule has 0 aliphatic rings. The molecular weight excluding hydrogens is 963 g/mol. The molecule has 0 heterocycles. The Bertz CT molecular complexity index is 4420. The first kappa shape index (κ1) is 46.9. The molecule has 374 valence electrons. The van der Waals surface area contributed by atoms with E-state index in [0.717, 1.165) is 11.4 Å². The zero-order valence-electron chi connectivity index (χ0n) is 44.1. The first-order valence-corrected chi connectivity index (χ1v) is 27.8. The van der Waals surface area contributed by atoms with Crippen molar-refractivity contribution >= 4 is 76.0 Å². The van der Waals surface area contributed by atoms with Crippen LogP contribution in [0.1, 0.15) is 5.56 Å². The van der Waals surface area contributed by atoms with Gasteiger partial charge in [-0.2, -0.15) is 0 Å². The van der Waals surface area contributed by atoms with Gasteiger partial charge in [-0.25, -0.2) is 0 Å². The number of benzene rings is 15. The van der Waals surface area contributed by atoms with Crippen molar-refractivity contribution in [3.05, 3.63) is 315 Å². The van der Waals surface area contributed by atoms with Gasteiger partial charge in [-0.15, -0.1) is 0 Å². The van der Waals surface area contributed by atoms with Crippen molar-refractivity contribution in [2.45, 2.75) is 6.54 Å². The highest BCUT2D eigenvalue weighted by Gasteiger charge is 2.21. The summed E-state index contributed by atoms with van der Waals surface area (Å²) in [6.07, 6.45) is 0. The van der Waals surface area contributed by atoms with E-state index in [4.69, 9.17) is 0 Å². The molecule has 0 radical (unpaired) electrons. The zero-order chi connectivity index (χ0) is 52.9. The molecule has 0 saturated carbocycles. The Morgan fingerprint density at radius 1 is 0.163 bits per heavy atom. The van der Waals surface area contributed by atoms with Gasteiger partial charge in [-0.3, -0.25) is 0 Å². The largest absolute Gasteiger partial charge is 0.337 e. The zero-order valence-corrected chi connectivity index (χ0v) is 44.1. The molecule has 80 heavy (non-hydrogen) atoms. The fourth-order valence-electron chi connectivity index (χ4n) is 13.0. The van der Waals surface area contributed by atoms with E-state index in [1.165, 1.54) is 137 Å². The van der Waals surface area contributed by atoms with Crippen LogP contribution in [0.5, 0.6) is 0 Å². The first-order chi connectivity index (χ1) is 39.7. The summed E-state index contributed by atoms with van der Waals surface area (Å²) < 4.78 is 0. The van der Waals surface area contributed by atoms with E-state index in [2.05, 4.69) is 314 Å². The molecule has 15 rings (SSSR count). The third kappa shape index (κ3) is 8.02. The predicted octanol–water partition coefficient (Wildman–Crippen LogP) is 21.9. The standard InChI is InChI=1S/C79H53N/c1-4-22-54(23-5-1)74-62-28-10-16-34-68(62)77(69-35-17-11-29-63(69)74)57-42-40-53(41-43-57)52-80(60-48-44-58(45-49-60)78-70-36-18-12-30-64(70)75(55-24-6-2-7-25-55)65-31-13-19-37-71(65)78)61-50-46-59(47-51-61)79-72-38-20-14-32-66(72)76(56-26-8-3-9-27-56)67-33-15-21-39-73(67)79/h1-51H,52H2. The van der Waals surface area contributed by atoms with Gasteiger partial charge < -0.3 is 4.90 Å². The second-order valence-electron chi connectivity index (χ2n) is 21.0. The highest BCUT2D eigenvalue weighted by atomic mass is 15.1. The number of hydrogen-bond acceptors (Lipinski definition) is 1. The molecule has 0 spiro atoms. The maximum absolute atomic E-state index is 2.48. The molecule has 0 fully saturated rings. The van der Waals surface area contributed by atoms with Crippen molar-refractivity contribution in [2.75, 3.05) is 4.90 Å². The Hall–Kier alpha value is -10.3. The summed E-state index contributed by atoms with van der Waals surface area (Å²) in [6, 6.07) is 114. The van der Waals surface area contributed by atoms with Gasteiger partial charge >= 0.3 is 0 Å². The topological polar surface area (TPSA) is 3.24 Å². The molecule has 0 N–H and O–H groups in total. The average Bonchev–Trinajstić information content (AvgIpc) is 3.71. The smallest absolute Gasteiger partial charge is 0.0481 e. The van der Waals surface area contributed by atoms with Crippen LogP contribution in [0.4, 0.5) is 11.4 Å². The second kappa shape index (κ2) is 19.9. The Morgan fingerprint density at radius 3 is 0.550 bits per heavy atom. The van der Waals surface area contributed by atoms with E-state index in [1.54, 1.807) is 0 Å². The van der Waals surface area contributed by atoms with Gasteiger partial charge in [0.15, 0.2) is 0 Å². The van der Waals surface area contributed by atoms with Crippen LogP contribution in [0, 0.1) is 0 Å². The minimum atomic E-state index is 0.669. The lowest BCUT2D eigenvalue weighted by Gasteiger charge is -2.26. The van der Waals surface area contributed by atoms with Crippen molar-refractivity contribution in [1.29, 1.82) is 0 Å². The fourth-order valence-corrected chi connectivity index (χ4v) is 13.0. The van der Waals surface area contributed by atoms with Gasteiger partial charge in [0, 0.05) is 17.9 Å². The van der Waals surface area contributed by atoms with Gasteiger partial charge in [-0.05, 0) is 161 Å². The average molecular weight is 1020 g/mol. The number of rotatable bonds is 10. The summed E-state index contributed by atoms with van der Waals surface area (Å²) >= 11 is 0. The third-order valence-electron chi connectivity index (χ3n) is 16.5. The van der Waals surface area contributed by atoms with Gasteiger partial charge in [0.2, 0.25) is 0 Å². The van der Waals surface area contributed by atoms with Crippen LogP contribution in [0.3, 0.4) is 0 Å². The molecule has 0 unspecified atom stereocenters. The summed E-state index contributed by atoms with van der Waals surface area (Å²) in [5, 5.41) is 15.0. The molecule has 0 bridgehead atoms. The van der Waals surface area contributed by atoms with E-state index in [0.29, 0.717) is 6.54 Å². The Kier molecular flexibility index (Phi) is 11.7. The number of fused-ring (bicyclic) bond motifs is 6. The van der Waals surface area contributed by atoms with Crippen LogP contribution >= 0.6 is 0 Å². The number of hydrogen-bond donors (Lipinski definition) is 0. The molecule has 15 aromatic rings. The molecule has 0 aliphatic carbocycles. The molecule has 0 aliphatic heterocycles. The van der Waals surface area contributed by atoms with E-state index < -0.39 is 0 Å². The van der Waals surface area contributed by atoms with Crippen LogP contribution in [0.2, 0.25) is 0 Å². The lowest BCUT2D eigenvalue weighted by molar-refractivity contribution is 0.976. The van der Waals surface area contributed by atoms with Crippen molar-refractivity contribution in [3.63, 3.8) is 0 Å². The predicted molar refractivity (Wildman–Crippen MR) is 343 cm³/mol. The second-order valence-corrected chi connectivity index (χ2v) is 21.0. The Labute approximate surface area is 466 Å². The van der Waals surface area contributed by atoms with Crippen molar-refractivity contribution in [2.24, 2.45) is 0 Å². The minimum absolute atomic E-state index is 0.669. The molecule has 0 aromatic heterocycles. The quantitative estimate of drug-likeness (QED) is 0.123. The van der Waals surface area contributed by atoms with Crippen molar-refractivity contribution in [1.82, 2.24) is 0 Å². The maximum Gasteiger partial charge on any atom is 0.0481 e. The highest BCUT2D eigenvalue weighted by Crippen LogP contribution is 2.48. The summed E-state index contributed by atoms with van der Waals surface area (Å²) in [5.74, 6) is 0. The van der Waals surface area contributed by atoms with E-state index in [-0.39, 0.29) is 0 Å². The Balaban J connectivity index is 0.859. The first-order valence-electron chi connectivity index (χ1n) is 27.8. The molecule has 0 atom stereocenters. The monoisotopic (exact) mass is 1020 g/mol. The minimum Gasteiger partial charge on any atom is -0.337 e. The van der Waals surface area contributed by atoms with Gasteiger partial charge in [0.25, 0.3) is 0 Å². The maximum atomic E-state index is 2.48. The SMILES string of the molecule is c1ccc(-c2c3ccccc3c(-c3ccc(CN(c4ccc(-c5c6ccccc6c(-c6ccccc6)c6ccccc56)cc4)c4ccc(-c5c6ccccc6c(-c6ccccc6)c6ccccc56)cc4)cc3)c3ccccc23)cc1. The third-order valence-corrected chi connectivity index (χ3v) is 16.5. The van der Waals surface area contributed by atoms with Crippen LogP contribution < -0.4 is 4.90 Å². The Morgan fingerprint density at radius 2 is 0.338 bits per heavy atom. The van der Waals surface area contributed by atoms with E-state index in [1.807, 2.05) is 0 Å². The van der Waals surface area contributed by atoms with Gasteiger partial charge in [-0.1, -0.05) is 285 Å². The van der Waals surface area contributed by atoms with E-state index in [9.17, 15) is 0 Å². The lowest BCUT2D eigenvalue weighted by Crippen LogP contribution is -2.16. The van der Waals surface area contributed by atoms with Crippen LogP contribution in [0.25, 0.3) is 131 Å². The molecule has 0 saturated heterocycles. The van der Waals surface area contributed by atoms with Crippen molar-refractivity contribution in [3.8, 4) is 66.8 Å². The van der Waals surface area contributed by atoms with Crippen LogP contribution in [0.15, 0.2) is 309 Å². The number of anilines is 2. The molecule has 1 nitrogen and oxygen atoms in total. The summed E-state index contributed by atoms with van der Waals surface area (Å²) in [7, 11) is 0.